The van der Waals surface area contributed by atoms with Crippen molar-refractivity contribution < 1.29 is 37.3 Å². The smallest absolute Gasteiger partial charge is 0.456 e. The number of phosphoric ester groups is 1. The summed E-state index contributed by atoms with van der Waals surface area (Å²) in [4.78, 5) is 37.9. The molecular formula is C73H146N2O7P+. The molecule has 0 aliphatic heterocycles. The molecule has 0 rings (SSSR count). The van der Waals surface area contributed by atoms with Gasteiger partial charge >= 0.3 is 13.8 Å². The van der Waals surface area contributed by atoms with Crippen LogP contribution in [0, 0.1) is 0 Å². The van der Waals surface area contributed by atoms with Crippen LogP contribution in [0.5, 0.6) is 0 Å². The fourth-order valence-corrected chi connectivity index (χ4v) is 12.3. The second kappa shape index (κ2) is 63.8. The lowest BCUT2D eigenvalue weighted by Crippen LogP contribution is -2.47. The van der Waals surface area contributed by atoms with Gasteiger partial charge in [0.15, 0.2) is 0 Å². The molecule has 0 aliphatic rings. The number of esters is 1. The van der Waals surface area contributed by atoms with E-state index in [-0.39, 0.29) is 25.1 Å². The van der Waals surface area contributed by atoms with E-state index >= 15 is 0 Å². The third-order valence-corrected chi connectivity index (χ3v) is 18.2. The Morgan fingerprint density at radius 1 is 0.410 bits per heavy atom. The van der Waals surface area contributed by atoms with Crippen LogP contribution in [-0.2, 0) is 27.9 Å². The van der Waals surface area contributed by atoms with E-state index in [1.165, 1.54) is 302 Å². The van der Waals surface area contributed by atoms with Gasteiger partial charge in [-0.05, 0) is 31.8 Å². The van der Waals surface area contributed by atoms with E-state index < -0.39 is 20.0 Å². The Morgan fingerprint density at radius 2 is 0.687 bits per heavy atom. The van der Waals surface area contributed by atoms with Crippen LogP contribution in [0.2, 0.25) is 0 Å². The van der Waals surface area contributed by atoms with Crippen LogP contribution < -0.4 is 5.32 Å². The van der Waals surface area contributed by atoms with Gasteiger partial charge in [0.1, 0.15) is 19.3 Å². The largest absolute Gasteiger partial charge is 0.472 e. The first kappa shape index (κ1) is 81.8. The average Bonchev–Trinajstić information content (AvgIpc) is 3.46. The number of hydrogen-bond donors (Lipinski definition) is 2. The van der Waals surface area contributed by atoms with Crippen molar-refractivity contribution in [2.24, 2.45) is 0 Å². The highest BCUT2D eigenvalue weighted by Crippen LogP contribution is 2.43. The van der Waals surface area contributed by atoms with Gasteiger partial charge in [-0.15, -0.1) is 0 Å². The number of quaternary nitrogens is 1. The Kier molecular flexibility index (Phi) is 62.8. The van der Waals surface area contributed by atoms with E-state index in [2.05, 4.69) is 32.2 Å². The molecule has 0 saturated heterocycles. The van der Waals surface area contributed by atoms with E-state index in [4.69, 9.17) is 13.8 Å². The zero-order valence-electron chi connectivity index (χ0n) is 56.7. The number of ether oxygens (including phenoxy) is 1. The van der Waals surface area contributed by atoms with Crippen LogP contribution in [0.1, 0.15) is 393 Å². The number of hydrogen-bond acceptors (Lipinski definition) is 6. The normalized spacial score (nSPS) is 13.5. The number of phosphoric acid groups is 1. The van der Waals surface area contributed by atoms with Crippen molar-refractivity contribution in [2.75, 3.05) is 40.9 Å². The topological polar surface area (TPSA) is 111 Å². The predicted molar refractivity (Wildman–Crippen MR) is 360 cm³/mol. The molecule has 2 N–H and O–H groups in total. The van der Waals surface area contributed by atoms with Gasteiger partial charge in [-0.25, -0.2) is 4.57 Å². The van der Waals surface area contributed by atoms with Gasteiger partial charge in [-0.1, -0.05) is 361 Å². The highest BCUT2D eigenvalue weighted by Gasteiger charge is 2.30. The van der Waals surface area contributed by atoms with Crippen molar-refractivity contribution >= 4 is 19.7 Å². The fourth-order valence-electron chi connectivity index (χ4n) is 11.5. The zero-order valence-corrected chi connectivity index (χ0v) is 57.6. The van der Waals surface area contributed by atoms with Crippen molar-refractivity contribution in [2.45, 2.75) is 405 Å². The molecule has 0 aliphatic carbocycles. The summed E-state index contributed by atoms with van der Waals surface area (Å²) in [6.07, 6.45) is 76.6. The molecule has 1 amide bonds. The molecule has 0 saturated carbocycles. The zero-order chi connectivity index (χ0) is 60.7. The van der Waals surface area contributed by atoms with Gasteiger partial charge < -0.3 is 19.4 Å². The monoisotopic (exact) mass is 1190 g/mol. The molecule has 0 aromatic heterocycles. The summed E-state index contributed by atoms with van der Waals surface area (Å²) >= 11 is 0. The minimum atomic E-state index is -4.45. The molecule has 0 spiro atoms. The molecular weight excluding hydrogens is 1050 g/mol. The third kappa shape index (κ3) is 65.0. The predicted octanol–water partition coefficient (Wildman–Crippen LogP) is 23.5. The van der Waals surface area contributed by atoms with E-state index in [1.54, 1.807) is 0 Å². The number of amides is 1. The minimum Gasteiger partial charge on any atom is -0.456 e. The Hall–Kier alpha value is -1.25. The molecule has 83 heavy (non-hydrogen) atoms. The van der Waals surface area contributed by atoms with Crippen LogP contribution >= 0.6 is 7.82 Å². The lowest BCUT2D eigenvalue weighted by atomic mass is 10.0. The summed E-state index contributed by atoms with van der Waals surface area (Å²) in [6.45, 7) is 7.10. The maximum absolute atomic E-state index is 13.6. The molecule has 0 fully saturated rings. The highest BCUT2D eigenvalue weighted by molar-refractivity contribution is 7.47. The molecule has 3 atom stereocenters. The molecule has 0 radical (unpaired) electrons. The summed E-state index contributed by atoms with van der Waals surface area (Å²) in [5.41, 5.74) is 0. The van der Waals surface area contributed by atoms with E-state index in [0.717, 1.165) is 57.8 Å². The van der Waals surface area contributed by atoms with Crippen molar-refractivity contribution in [3.8, 4) is 0 Å². The fraction of sp³-hybridized carbons (Fsp3) is 0.945. The third-order valence-electron chi connectivity index (χ3n) is 17.2. The van der Waals surface area contributed by atoms with E-state index in [1.807, 2.05) is 27.2 Å². The molecule has 0 heterocycles. The minimum absolute atomic E-state index is 0.0462. The Balaban J connectivity index is 5.00. The van der Waals surface area contributed by atoms with Crippen LogP contribution in [-0.4, -0.2) is 74.3 Å². The number of unbranched alkanes of at least 4 members (excludes halogenated alkanes) is 53. The highest BCUT2D eigenvalue weighted by atomic mass is 31.2. The van der Waals surface area contributed by atoms with Gasteiger partial charge in [0.05, 0.1) is 33.8 Å². The molecule has 10 heteroatoms. The maximum atomic E-state index is 13.6. The first-order valence-corrected chi connectivity index (χ1v) is 38.5. The quantitative estimate of drug-likeness (QED) is 0.0205. The number of carbonyl (C=O) groups excluding carboxylic acids is 2. The van der Waals surface area contributed by atoms with Crippen LogP contribution in [0.25, 0.3) is 0 Å². The number of allylic oxidation sites excluding steroid dienone is 1. The van der Waals surface area contributed by atoms with E-state index in [9.17, 15) is 19.0 Å². The van der Waals surface area contributed by atoms with Crippen molar-refractivity contribution in [1.82, 2.24) is 5.32 Å². The number of carbonyl (C=O) groups is 2. The molecule has 494 valence electrons. The Labute approximate surface area is 518 Å². The second-order valence-corrected chi connectivity index (χ2v) is 28.3. The Bertz CT molecular complexity index is 1420. The lowest BCUT2D eigenvalue weighted by molar-refractivity contribution is -0.870. The van der Waals surface area contributed by atoms with Gasteiger partial charge in [0, 0.05) is 12.8 Å². The Morgan fingerprint density at radius 3 is 0.988 bits per heavy atom. The van der Waals surface area contributed by atoms with Gasteiger partial charge in [0.25, 0.3) is 0 Å². The number of nitrogens with one attached hydrogen (secondary N) is 1. The number of nitrogens with zero attached hydrogens (tertiary/aromatic N) is 1. The molecule has 0 aromatic rings. The summed E-state index contributed by atoms with van der Waals surface area (Å²) < 4.78 is 30.9. The number of likely N-dealkylation sites (N-methyl/N-ethyl adjacent to an activating group) is 1. The van der Waals surface area contributed by atoms with Gasteiger partial charge in [0.2, 0.25) is 5.91 Å². The summed E-state index contributed by atoms with van der Waals surface area (Å²) in [6, 6.07) is -0.841. The number of rotatable bonds is 69. The average molecular weight is 1190 g/mol. The first-order valence-electron chi connectivity index (χ1n) is 37.0. The molecule has 9 nitrogen and oxygen atoms in total. The van der Waals surface area contributed by atoms with E-state index in [0.29, 0.717) is 23.9 Å². The summed E-state index contributed by atoms with van der Waals surface area (Å²) in [5.74, 6) is -0.475. The van der Waals surface area contributed by atoms with Crippen molar-refractivity contribution in [1.29, 1.82) is 0 Å². The molecule has 0 bridgehead atoms. The van der Waals surface area contributed by atoms with Crippen molar-refractivity contribution in [3.63, 3.8) is 0 Å². The maximum Gasteiger partial charge on any atom is 0.472 e. The van der Waals surface area contributed by atoms with Gasteiger partial charge in [-0.2, -0.15) is 0 Å². The van der Waals surface area contributed by atoms with Crippen LogP contribution in [0.4, 0.5) is 0 Å². The van der Waals surface area contributed by atoms with Crippen LogP contribution in [0.15, 0.2) is 12.2 Å². The SMILES string of the molecule is CCCCCCCCCCCCC/C=C/C(OC(=O)CCCCCCCCCCCCCCCCCCCCC)C(COP(=O)(O)OCC[N+](C)(C)C)NC(=O)CCCCCCCCCCCCCCCCCCCCCCCCCCC. The lowest BCUT2D eigenvalue weighted by Gasteiger charge is -2.27. The molecule has 3 unspecified atom stereocenters. The van der Waals surface area contributed by atoms with Gasteiger partial charge in [-0.3, -0.25) is 18.6 Å². The second-order valence-electron chi connectivity index (χ2n) is 26.8. The van der Waals surface area contributed by atoms with Crippen LogP contribution in [0.3, 0.4) is 0 Å². The summed E-state index contributed by atoms with van der Waals surface area (Å²) in [5, 5.41) is 3.09. The summed E-state index contributed by atoms with van der Waals surface area (Å²) in [7, 11) is 1.53. The van der Waals surface area contributed by atoms with Crippen molar-refractivity contribution in [3.05, 3.63) is 12.2 Å². The molecule has 0 aromatic carbocycles. The standard InChI is InChI=1S/C73H145N2O7P/c1-7-10-13-16-19-22-25-28-30-32-34-35-36-37-38-39-41-42-44-47-50-53-56-59-62-65-72(76)74-70(69-81-83(78,79)80-68-67-75(4,5)6)71(64-61-58-55-52-49-46-27-24-21-18-15-12-9-3)82-73(77)66-63-60-57-54-51-48-45-43-40-33-31-29-26-23-20-17-14-11-8-2/h61,64,70-71H,7-60,62-63,65-69H2,1-6H3,(H-,74,76,78,79)/p+1/b64-61+. The first-order chi connectivity index (χ1) is 40.4.